The minimum Gasteiger partial charge on any atom is -0.494 e. The molecule has 0 saturated carbocycles. The molecule has 144 valence electrons. The standard InChI is InChI=1S/C22H20FNO4/c1-3-26-19-11-4-16(5-12-19)6-13-21(25)27-14-20-15(2)22(28-24-20)17-7-9-18(23)10-8-17/h4-13H,3,14H2,1-2H3/b13-6+. The van der Waals surface area contributed by atoms with E-state index in [9.17, 15) is 9.18 Å². The number of aromatic nitrogens is 1. The van der Waals surface area contributed by atoms with Crippen LogP contribution in [-0.4, -0.2) is 17.7 Å². The Bertz CT molecular complexity index is 959. The molecule has 0 spiro atoms. The number of rotatable bonds is 7. The lowest BCUT2D eigenvalue weighted by Crippen LogP contribution is -2.02. The molecule has 0 aliphatic heterocycles. The molecule has 0 aliphatic rings. The Labute approximate surface area is 162 Å². The molecular weight excluding hydrogens is 361 g/mol. The third kappa shape index (κ3) is 4.85. The van der Waals surface area contributed by atoms with Gasteiger partial charge in [-0.3, -0.25) is 0 Å². The highest BCUT2D eigenvalue weighted by molar-refractivity contribution is 5.87. The molecule has 0 saturated heterocycles. The summed E-state index contributed by atoms with van der Waals surface area (Å²) >= 11 is 0. The van der Waals surface area contributed by atoms with E-state index >= 15 is 0 Å². The van der Waals surface area contributed by atoms with Gasteiger partial charge in [0.15, 0.2) is 5.76 Å². The summed E-state index contributed by atoms with van der Waals surface area (Å²) in [5.74, 6) is 0.491. The summed E-state index contributed by atoms with van der Waals surface area (Å²) in [6.07, 6.45) is 3.02. The molecule has 0 atom stereocenters. The van der Waals surface area contributed by atoms with Gasteiger partial charge < -0.3 is 14.0 Å². The molecule has 0 amide bonds. The van der Waals surface area contributed by atoms with Gasteiger partial charge in [-0.25, -0.2) is 9.18 Å². The monoisotopic (exact) mass is 381 g/mol. The normalized spacial score (nSPS) is 11.0. The van der Waals surface area contributed by atoms with E-state index in [1.54, 1.807) is 18.2 Å². The second-order valence-electron chi connectivity index (χ2n) is 6.03. The predicted octanol–water partition coefficient (Wildman–Crippen LogP) is 4.94. The number of ether oxygens (including phenoxy) is 2. The highest BCUT2D eigenvalue weighted by Crippen LogP contribution is 2.26. The third-order valence-corrected chi connectivity index (χ3v) is 4.08. The second kappa shape index (κ2) is 8.99. The quantitative estimate of drug-likeness (QED) is 0.428. The van der Waals surface area contributed by atoms with Crippen molar-refractivity contribution in [2.75, 3.05) is 6.61 Å². The molecule has 3 aromatic rings. The number of hydrogen-bond acceptors (Lipinski definition) is 5. The lowest BCUT2D eigenvalue weighted by molar-refractivity contribution is -0.139. The van der Waals surface area contributed by atoms with Crippen LogP contribution in [0.15, 0.2) is 59.1 Å². The zero-order valence-electron chi connectivity index (χ0n) is 15.6. The number of esters is 1. The van der Waals surface area contributed by atoms with Crippen LogP contribution in [0.4, 0.5) is 4.39 Å². The molecule has 0 radical (unpaired) electrons. The summed E-state index contributed by atoms with van der Waals surface area (Å²) in [7, 11) is 0. The van der Waals surface area contributed by atoms with Gasteiger partial charge in [0.2, 0.25) is 0 Å². The number of hydrogen-bond donors (Lipinski definition) is 0. The van der Waals surface area contributed by atoms with Crippen LogP contribution in [0, 0.1) is 12.7 Å². The van der Waals surface area contributed by atoms with Gasteiger partial charge in [-0.2, -0.15) is 0 Å². The molecule has 0 bridgehead atoms. The van der Waals surface area contributed by atoms with Crippen LogP contribution in [-0.2, 0) is 16.1 Å². The first kappa shape index (κ1) is 19.4. The predicted molar refractivity (Wildman–Crippen MR) is 103 cm³/mol. The minimum atomic E-state index is -0.486. The average molecular weight is 381 g/mol. The van der Waals surface area contributed by atoms with Crippen molar-refractivity contribution >= 4 is 12.0 Å². The van der Waals surface area contributed by atoms with Crippen LogP contribution >= 0.6 is 0 Å². The lowest BCUT2D eigenvalue weighted by atomic mass is 10.1. The van der Waals surface area contributed by atoms with Crippen molar-refractivity contribution in [2.45, 2.75) is 20.5 Å². The third-order valence-electron chi connectivity index (χ3n) is 4.08. The summed E-state index contributed by atoms with van der Waals surface area (Å²) < 4.78 is 29.0. The number of carbonyl (C=O) groups is 1. The molecule has 6 heteroatoms. The topological polar surface area (TPSA) is 61.6 Å². The van der Waals surface area contributed by atoms with Crippen molar-refractivity contribution in [3.63, 3.8) is 0 Å². The zero-order valence-corrected chi connectivity index (χ0v) is 15.6. The van der Waals surface area contributed by atoms with E-state index in [0.29, 0.717) is 23.6 Å². The molecule has 0 fully saturated rings. The number of benzene rings is 2. The van der Waals surface area contributed by atoms with E-state index in [1.807, 2.05) is 38.1 Å². The van der Waals surface area contributed by atoms with E-state index in [2.05, 4.69) is 5.16 Å². The fourth-order valence-corrected chi connectivity index (χ4v) is 2.57. The second-order valence-corrected chi connectivity index (χ2v) is 6.03. The Morgan fingerprint density at radius 3 is 2.54 bits per heavy atom. The van der Waals surface area contributed by atoms with Gasteiger partial charge in [0.05, 0.1) is 6.61 Å². The Kier molecular flexibility index (Phi) is 6.22. The van der Waals surface area contributed by atoms with Crippen molar-refractivity contribution in [3.8, 4) is 17.1 Å². The summed E-state index contributed by atoms with van der Waals surface area (Å²) in [5, 5.41) is 3.95. The number of carbonyl (C=O) groups excluding carboxylic acids is 1. The molecule has 0 N–H and O–H groups in total. The summed E-state index contributed by atoms with van der Waals surface area (Å²) in [4.78, 5) is 12.0. The zero-order chi connectivity index (χ0) is 19.9. The van der Waals surface area contributed by atoms with Crippen LogP contribution in [0.5, 0.6) is 5.75 Å². The molecule has 1 aromatic heterocycles. The maximum absolute atomic E-state index is 13.1. The van der Waals surface area contributed by atoms with Gasteiger partial charge in [-0.15, -0.1) is 0 Å². The van der Waals surface area contributed by atoms with Gasteiger partial charge in [0.25, 0.3) is 0 Å². The van der Waals surface area contributed by atoms with Gasteiger partial charge in [0, 0.05) is 17.2 Å². The average Bonchev–Trinajstić information content (AvgIpc) is 3.07. The molecule has 3 rings (SSSR count). The van der Waals surface area contributed by atoms with Crippen LogP contribution in [0.3, 0.4) is 0 Å². The Hall–Kier alpha value is -3.41. The van der Waals surface area contributed by atoms with Crippen molar-refractivity contribution in [2.24, 2.45) is 0 Å². The lowest BCUT2D eigenvalue weighted by Gasteiger charge is -2.02. The van der Waals surface area contributed by atoms with E-state index in [0.717, 1.165) is 16.9 Å². The van der Waals surface area contributed by atoms with Gasteiger partial charge >= 0.3 is 5.97 Å². The van der Waals surface area contributed by atoms with Crippen LogP contribution < -0.4 is 4.74 Å². The van der Waals surface area contributed by atoms with E-state index in [-0.39, 0.29) is 12.4 Å². The summed E-state index contributed by atoms with van der Waals surface area (Å²) in [6, 6.07) is 13.3. The first-order valence-electron chi connectivity index (χ1n) is 8.85. The largest absolute Gasteiger partial charge is 0.494 e. The number of halogens is 1. The fourth-order valence-electron chi connectivity index (χ4n) is 2.57. The molecular formula is C22H20FNO4. The highest BCUT2D eigenvalue weighted by Gasteiger charge is 2.15. The van der Waals surface area contributed by atoms with Crippen LogP contribution in [0.1, 0.15) is 23.7 Å². The first-order chi connectivity index (χ1) is 13.6. The Balaban J connectivity index is 1.58. The van der Waals surface area contributed by atoms with Crippen molar-refractivity contribution in [3.05, 3.63) is 77.2 Å². The summed E-state index contributed by atoms with van der Waals surface area (Å²) in [6.45, 7) is 4.33. The number of nitrogens with zero attached hydrogens (tertiary/aromatic N) is 1. The van der Waals surface area contributed by atoms with Crippen LogP contribution in [0.25, 0.3) is 17.4 Å². The van der Waals surface area contributed by atoms with Gasteiger partial charge in [-0.1, -0.05) is 17.3 Å². The maximum Gasteiger partial charge on any atom is 0.331 e. The Morgan fingerprint density at radius 2 is 1.86 bits per heavy atom. The van der Waals surface area contributed by atoms with Crippen molar-refractivity contribution in [1.29, 1.82) is 0 Å². The molecule has 0 unspecified atom stereocenters. The fraction of sp³-hybridized carbons (Fsp3) is 0.182. The van der Waals surface area contributed by atoms with Crippen molar-refractivity contribution < 1.29 is 23.2 Å². The Morgan fingerprint density at radius 1 is 1.14 bits per heavy atom. The highest BCUT2D eigenvalue weighted by atomic mass is 19.1. The summed E-state index contributed by atoms with van der Waals surface area (Å²) in [5.41, 5.74) is 2.83. The van der Waals surface area contributed by atoms with Crippen molar-refractivity contribution in [1.82, 2.24) is 5.16 Å². The minimum absolute atomic E-state index is 0.0109. The van der Waals surface area contributed by atoms with E-state index in [1.165, 1.54) is 18.2 Å². The molecule has 1 heterocycles. The molecule has 0 aliphatic carbocycles. The SMILES string of the molecule is CCOc1ccc(/C=C/C(=O)OCc2noc(-c3ccc(F)cc3)c2C)cc1. The van der Waals surface area contributed by atoms with E-state index in [4.69, 9.17) is 14.0 Å². The smallest absolute Gasteiger partial charge is 0.331 e. The first-order valence-corrected chi connectivity index (χ1v) is 8.85. The molecule has 2 aromatic carbocycles. The molecule has 28 heavy (non-hydrogen) atoms. The van der Waals surface area contributed by atoms with Gasteiger partial charge in [-0.05, 0) is 61.9 Å². The van der Waals surface area contributed by atoms with Gasteiger partial charge in [0.1, 0.15) is 23.9 Å². The van der Waals surface area contributed by atoms with Crippen LogP contribution in [0.2, 0.25) is 0 Å². The van der Waals surface area contributed by atoms with E-state index < -0.39 is 5.97 Å². The maximum atomic E-state index is 13.1. The molecule has 5 nitrogen and oxygen atoms in total.